The molecule has 4 heteroatoms. The minimum absolute atomic E-state index is 0. The maximum Gasteiger partial charge on any atom is 0.0957 e. The van der Waals surface area contributed by atoms with Gasteiger partial charge in [-0.2, -0.15) is 5.10 Å². The maximum atomic E-state index is 3.69. The zero-order chi connectivity index (χ0) is 4.41. The van der Waals surface area contributed by atoms with Gasteiger partial charge in [0.25, 0.3) is 0 Å². The van der Waals surface area contributed by atoms with Gasteiger partial charge in [-0.15, -0.1) is 12.4 Å². The molecule has 0 aliphatic heterocycles. The van der Waals surface area contributed by atoms with Crippen LogP contribution in [0.2, 0.25) is 0 Å². The fraction of sp³-hybridized carbons (Fsp3) is 0. The largest absolute Gasteiger partial charge is 0.272 e. The second kappa shape index (κ2) is 3.26. The molecule has 2 nitrogen and oxygen atoms in total. The van der Waals surface area contributed by atoms with Crippen molar-refractivity contribution in [3.8, 4) is 0 Å². The Morgan fingerprint density at radius 1 is 1.71 bits per heavy atom. The van der Waals surface area contributed by atoms with Crippen LogP contribution in [0.25, 0.3) is 0 Å². The first-order valence-corrected chi connectivity index (χ1v) is 2.62. The van der Waals surface area contributed by atoms with Gasteiger partial charge in [0, 0.05) is 6.20 Å². The summed E-state index contributed by atoms with van der Waals surface area (Å²) in [4.78, 5) is 0. The number of halogens is 2. The third-order valence-corrected chi connectivity index (χ3v) is 1.07. The zero-order valence-electron chi connectivity index (χ0n) is 3.39. The molecule has 40 valence electrons. The Balaban J connectivity index is 0.000000360. The lowest BCUT2D eigenvalue weighted by atomic mass is 10.8. The molecule has 1 aromatic rings. The van der Waals surface area contributed by atoms with Crippen molar-refractivity contribution in [3.63, 3.8) is 0 Å². The Bertz CT molecular complexity index is 116. The van der Waals surface area contributed by atoms with Crippen LogP contribution in [0.4, 0.5) is 0 Å². The van der Waals surface area contributed by atoms with Crippen molar-refractivity contribution in [2.24, 2.45) is 0 Å². The van der Waals surface area contributed by atoms with Gasteiger partial charge in [0.1, 0.15) is 0 Å². The van der Waals surface area contributed by atoms with E-state index >= 15 is 0 Å². The van der Waals surface area contributed by atoms with Crippen LogP contribution in [0.15, 0.2) is 12.3 Å². The number of nitrogens with one attached hydrogen (secondary N) is 1. The molecule has 0 aliphatic carbocycles. The normalized spacial score (nSPS) is 7.57. The van der Waals surface area contributed by atoms with Gasteiger partial charge in [0.05, 0.1) is 3.70 Å². The molecule has 0 saturated heterocycles. The van der Waals surface area contributed by atoms with Crippen LogP contribution >= 0.6 is 35.0 Å². The summed E-state index contributed by atoms with van der Waals surface area (Å²) in [6.07, 6.45) is 1.72. The van der Waals surface area contributed by atoms with Crippen LogP contribution in [0.3, 0.4) is 0 Å². The molecule has 0 amide bonds. The molecule has 1 aromatic heterocycles. The average molecular weight is 230 g/mol. The van der Waals surface area contributed by atoms with Gasteiger partial charge >= 0.3 is 0 Å². The quantitative estimate of drug-likeness (QED) is 0.671. The van der Waals surface area contributed by atoms with Gasteiger partial charge in [-0.25, -0.2) is 0 Å². The van der Waals surface area contributed by atoms with E-state index in [4.69, 9.17) is 0 Å². The molecule has 1 heterocycles. The minimum atomic E-state index is 0. The summed E-state index contributed by atoms with van der Waals surface area (Å²) in [7, 11) is 0. The van der Waals surface area contributed by atoms with E-state index in [0.717, 1.165) is 3.70 Å². The minimum Gasteiger partial charge on any atom is -0.272 e. The van der Waals surface area contributed by atoms with E-state index in [2.05, 4.69) is 32.8 Å². The highest BCUT2D eigenvalue weighted by atomic mass is 127. The van der Waals surface area contributed by atoms with Gasteiger partial charge < -0.3 is 0 Å². The van der Waals surface area contributed by atoms with E-state index in [-0.39, 0.29) is 12.4 Å². The van der Waals surface area contributed by atoms with Gasteiger partial charge in [-0.05, 0) is 28.7 Å². The van der Waals surface area contributed by atoms with Crippen LogP contribution in [-0.4, -0.2) is 10.2 Å². The van der Waals surface area contributed by atoms with Crippen molar-refractivity contribution < 1.29 is 0 Å². The van der Waals surface area contributed by atoms with Gasteiger partial charge in [-0.3, -0.25) is 5.10 Å². The third kappa shape index (κ3) is 2.13. The van der Waals surface area contributed by atoms with E-state index in [0.29, 0.717) is 0 Å². The standard InChI is InChI=1S/C3H3IN2.ClH/c4-3-1-2-5-6-3;/h1-2H,(H,5,6);1H. The highest BCUT2D eigenvalue weighted by Gasteiger charge is 1.76. The number of hydrogen-bond acceptors (Lipinski definition) is 1. The van der Waals surface area contributed by atoms with Crippen LogP contribution in [0.1, 0.15) is 0 Å². The second-order valence-electron chi connectivity index (χ2n) is 0.905. The van der Waals surface area contributed by atoms with Crippen molar-refractivity contribution >= 4 is 35.0 Å². The summed E-state index contributed by atoms with van der Waals surface area (Å²) >= 11 is 2.16. The fourth-order valence-electron chi connectivity index (χ4n) is 0.239. The van der Waals surface area contributed by atoms with Crippen LogP contribution in [0.5, 0.6) is 0 Å². The molecule has 0 aliphatic rings. The van der Waals surface area contributed by atoms with E-state index in [1.54, 1.807) is 6.20 Å². The lowest BCUT2D eigenvalue weighted by Crippen LogP contribution is -1.63. The topological polar surface area (TPSA) is 28.7 Å². The third-order valence-electron chi connectivity index (χ3n) is 0.467. The molecule has 0 bridgehead atoms. The molecular weight excluding hydrogens is 226 g/mol. The number of aromatic nitrogens is 2. The van der Waals surface area contributed by atoms with Crippen molar-refractivity contribution in [1.82, 2.24) is 10.2 Å². The van der Waals surface area contributed by atoms with Gasteiger partial charge in [0.15, 0.2) is 0 Å². The van der Waals surface area contributed by atoms with Crippen molar-refractivity contribution in [3.05, 3.63) is 16.0 Å². The van der Waals surface area contributed by atoms with Crippen LogP contribution in [-0.2, 0) is 0 Å². The number of H-pyrrole nitrogens is 1. The summed E-state index contributed by atoms with van der Waals surface area (Å²) in [5.41, 5.74) is 0. The molecular formula is C3H4ClIN2. The summed E-state index contributed by atoms with van der Waals surface area (Å²) < 4.78 is 1.08. The Morgan fingerprint density at radius 3 is 2.57 bits per heavy atom. The van der Waals surface area contributed by atoms with E-state index < -0.39 is 0 Å². The molecule has 0 saturated carbocycles. The summed E-state index contributed by atoms with van der Waals surface area (Å²) in [6, 6.07) is 1.90. The Hall–Kier alpha value is 0.230. The second-order valence-corrected chi connectivity index (χ2v) is 2.07. The maximum absolute atomic E-state index is 3.69. The average Bonchev–Trinajstić information content (AvgIpc) is 1.86. The summed E-state index contributed by atoms with van der Waals surface area (Å²) in [6.45, 7) is 0. The molecule has 0 aromatic carbocycles. The fourth-order valence-corrected chi connectivity index (χ4v) is 0.539. The summed E-state index contributed by atoms with van der Waals surface area (Å²) in [5.74, 6) is 0. The number of hydrogen-bond donors (Lipinski definition) is 1. The molecule has 0 spiro atoms. The van der Waals surface area contributed by atoms with E-state index in [1.807, 2.05) is 6.07 Å². The van der Waals surface area contributed by atoms with Crippen LogP contribution < -0.4 is 0 Å². The monoisotopic (exact) mass is 230 g/mol. The smallest absolute Gasteiger partial charge is 0.0957 e. The molecule has 0 atom stereocenters. The number of aromatic amines is 1. The molecule has 7 heavy (non-hydrogen) atoms. The highest BCUT2D eigenvalue weighted by molar-refractivity contribution is 14.1. The molecule has 0 fully saturated rings. The molecule has 1 N–H and O–H groups in total. The lowest BCUT2D eigenvalue weighted by molar-refractivity contribution is 1.07. The van der Waals surface area contributed by atoms with Gasteiger partial charge in [0.2, 0.25) is 0 Å². The molecule has 1 rings (SSSR count). The Morgan fingerprint density at radius 2 is 2.43 bits per heavy atom. The number of rotatable bonds is 0. The predicted molar refractivity (Wildman–Crippen MR) is 38.6 cm³/mol. The Kier molecular flexibility index (Phi) is 3.37. The lowest BCUT2D eigenvalue weighted by Gasteiger charge is -1.65. The SMILES string of the molecule is Cl.Ic1ccn[nH]1. The number of nitrogens with zero attached hydrogens (tertiary/aromatic N) is 1. The van der Waals surface area contributed by atoms with Crippen LogP contribution in [0, 0.1) is 3.70 Å². The zero-order valence-corrected chi connectivity index (χ0v) is 6.36. The van der Waals surface area contributed by atoms with Gasteiger partial charge in [-0.1, -0.05) is 0 Å². The van der Waals surface area contributed by atoms with Crippen molar-refractivity contribution in [2.45, 2.75) is 0 Å². The van der Waals surface area contributed by atoms with Crippen molar-refractivity contribution in [1.29, 1.82) is 0 Å². The molecule has 0 unspecified atom stereocenters. The highest BCUT2D eigenvalue weighted by Crippen LogP contribution is 1.93. The Labute approximate surface area is 61.2 Å². The summed E-state index contributed by atoms with van der Waals surface area (Å²) in [5, 5.41) is 6.43. The predicted octanol–water partition coefficient (Wildman–Crippen LogP) is 1.44. The first-order chi connectivity index (χ1) is 2.89. The van der Waals surface area contributed by atoms with Crippen molar-refractivity contribution in [2.75, 3.05) is 0 Å². The molecule has 0 radical (unpaired) electrons. The first kappa shape index (κ1) is 7.23. The van der Waals surface area contributed by atoms with E-state index in [9.17, 15) is 0 Å². The van der Waals surface area contributed by atoms with E-state index in [1.165, 1.54) is 0 Å². The first-order valence-electron chi connectivity index (χ1n) is 1.54.